The third kappa shape index (κ3) is 2.84. The van der Waals surface area contributed by atoms with Gasteiger partial charge in [0.2, 0.25) is 0 Å². The summed E-state index contributed by atoms with van der Waals surface area (Å²) in [5, 5.41) is 0. The second-order valence-electron chi connectivity index (χ2n) is 4.68. The van der Waals surface area contributed by atoms with E-state index in [0.29, 0.717) is 5.41 Å². The molecular formula is C12H23N. The van der Waals surface area contributed by atoms with Gasteiger partial charge in [-0.25, -0.2) is 0 Å². The Morgan fingerprint density at radius 1 is 1.54 bits per heavy atom. The summed E-state index contributed by atoms with van der Waals surface area (Å²) in [4.78, 5) is 0. The van der Waals surface area contributed by atoms with Crippen molar-refractivity contribution in [2.45, 2.75) is 46.0 Å². The number of allylic oxidation sites excluding steroid dienone is 2. The Labute approximate surface area is 82.4 Å². The maximum atomic E-state index is 5.91. The Balaban J connectivity index is 2.56. The van der Waals surface area contributed by atoms with Crippen LogP contribution in [0.1, 0.15) is 46.0 Å². The van der Waals surface area contributed by atoms with Gasteiger partial charge in [-0.15, -0.1) is 0 Å². The zero-order valence-corrected chi connectivity index (χ0v) is 9.05. The molecule has 1 fully saturated rings. The molecule has 0 aliphatic heterocycles. The van der Waals surface area contributed by atoms with E-state index in [1.165, 1.54) is 32.1 Å². The quantitative estimate of drug-likeness (QED) is 0.665. The summed E-state index contributed by atoms with van der Waals surface area (Å²) < 4.78 is 0. The summed E-state index contributed by atoms with van der Waals surface area (Å²) in [5.74, 6) is 0.877. The van der Waals surface area contributed by atoms with Crippen molar-refractivity contribution in [3.8, 4) is 0 Å². The first-order valence-electron chi connectivity index (χ1n) is 5.54. The fourth-order valence-electron chi connectivity index (χ4n) is 2.59. The average Bonchev–Trinajstić information content (AvgIpc) is 2.15. The summed E-state index contributed by atoms with van der Waals surface area (Å²) in [7, 11) is 0. The van der Waals surface area contributed by atoms with E-state index >= 15 is 0 Å². The van der Waals surface area contributed by atoms with Gasteiger partial charge in [0.1, 0.15) is 0 Å². The first-order chi connectivity index (χ1) is 6.22. The molecule has 0 saturated heterocycles. The largest absolute Gasteiger partial charge is 0.330 e. The van der Waals surface area contributed by atoms with Gasteiger partial charge in [-0.3, -0.25) is 0 Å². The molecule has 2 atom stereocenters. The maximum absolute atomic E-state index is 5.91. The first-order valence-corrected chi connectivity index (χ1v) is 5.54. The van der Waals surface area contributed by atoms with Gasteiger partial charge in [-0.1, -0.05) is 31.9 Å². The molecule has 1 saturated carbocycles. The van der Waals surface area contributed by atoms with Gasteiger partial charge in [0.05, 0.1) is 0 Å². The van der Waals surface area contributed by atoms with Crippen LogP contribution in [0.4, 0.5) is 0 Å². The van der Waals surface area contributed by atoms with Crippen LogP contribution in [0, 0.1) is 11.3 Å². The van der Waals surface area contributed by atoms with Gasteiger partial charge in [-0.05, 0) is 44.1 Å². The molecule has 0 aromatic carbocycles. The van der Waals surface area contributed by atoms with Gasteiger partial charge >= 0.3 is 0 Å². The Morgan fingerprint density at radius 2 is 2.31 bits per heavy atom. The zero-order chi connectivity index (χ0) is 9.73. The summed E-state index contributed by atoms with van der Waals surface area (Å²) in [5.41, 5.74) is 6.34. The molecule has 0 aromatic heterocycles. The molecule has 0 radical (unpaired) electrons. The third-order valence-electron chi connectivity index (χ3n) is 3.41. The van der Waals surface area contributed by atoms with Crippen molar-refractivity contribution >= 4 is 0 Å². The topological polar surface area (TPSA) is 26.0 Å². The Morgan fingerprint density at radius 3 is 2.85 bits per heavy atom. The monoisotopic (exact) mass is 181 g/mol. The standard InChI is InChI=1S/C12H23N/c1-3-4-7-12(10-13)8-5-6-11(2)9-12/h3-4,11H,5-10,13H2,1-2H3/b4-3+. The van der Waals surface area contributed by atoms with E-state index in [4.69, 9.17) is 5.73 Å². The molecule has 13 heavy (non-hydrogen) atoms. The highest BCUT2D eigenvalue weighted by atomic mass is 14.6. The van der Waals surface area contributed by atoms with Crippen LogP contribution in [-0.2, 0) is 0 Å². The summed E-state index contributed by atoms with van der Waals surface area (Å²) in [6.07, 6.45) is 11.0. The average molecular weight is 181 g/mol. The molecular weight excluding hydrogens is 158 g/mol. The Hall–Kier alpha value is -0.300. The molecule has 1 rings (SSSR count). The first kappa shape index (κ1) is 10.8. The van der Waals surface area contributed by atoms with E-state index in [9.17, 15) is 0 Å². The smallest absolute Gasteiger partial charge is 0.00175 e. The van der Waals surface area contributed by atoms with Gasteiger partial charge < -0.3 is 5.73 Å². The van der Waals surface area contributed by atoms with E-state index in [1.807, 2.05) is 0 Å². The fraction of sp³-hybridized carbons (Fsp3) is 0.833. The molecule has 1 heteroatoms. The van der Waals surface area contributed by atoms with E-state index < -0.39 is 0 Å². The second kappa shape index (κ2) is 4.80. The number of hydrogen-bond acceptors (Lipinski definition) is 1. The molecule has 0 bridgehead atoms. The predicted octanol–water partition coefficient (Wildman–Crippen LogP) is 3.11. The van der Waals surface area contributed by atoms with E-state index in [-0.39, 0.29) is 0 Å². The van der Waals surface area contributed by atoms with E-state index in [0.717, 1.165) is 12.5 Å². The highest BCUT2D eigenvalue weighted by molar-refractivity contribution is 4.93. The van der Waals surface area contributed by atoms with Crippen molar-refractivity contribution in [2.24, 2.45) is 17.1 Å². The minimum atomic E-state index is 0.435. The highest BCUT2D eigenvalue weighted by Gasteiger charge is 2.32. The van der Waals surface area contributed by atoms with Crippen molar-refractivity contribution in [3.05, 3.63) is 12.2 Å². The molecule has 2 N–H and O–H groups in total. The number of hydrogen-bond donors (Lipinski definition) is 1. The second-order valence-corrected chi connectivity index (χ2v) is 4.68. The van der Waals surface area contributed by atoms with Crippen molar-refractivity contribution in [1.82, 2.24) is 0 Å². The van der Waals surface area contributed by atoms with Crippen LogP contribution in [0.2, 0.25) is 0 Å². The molecule has 0 spiro atoms. The van der Waals surface area contributed by atoms with Crippen LogP contribution in [0.15, 0.2) is 12.2 Å². The van der Waals surface area contributed by atoms with Crippen molar-refractivity contribution < 1.29 is 0 Å². The van der Waals surface area contributed by atoms with Crippen LogP contribution in [0.25, 0.3) is 0 Å². The van der Waals surface area contributed by atoms with Crippen LogP contribution < -0.4 is 5.73 Å². The molecule has 1 aliphatic rings. The maximum Gasteiger partial charge on any atom is -0.00175 e. The lowest BCUT2D eigenvalue weighted by atomic mass is 9.68. The predicted molar refractivity (Wildman–Crippen MR) is 58.6 cm³/mol. The third-order valence-corrected chi connectivity index (χ3v) is 3.41. The highest BCUT2D eigenvalue weighted by Crippen LogP contribution is 2.41. The number of nitrogens with two attached hydrogens (primary N) is 1. The summed E-state index contributed by atoms with van der Waals surface area (Å²) in [6, 6.07) is 0. The molecule has 1 aliphatic carbocycles. The lowest BCUT2D eigenvalue weighted by molar-refractivity contribution is 0.157. The van der Waals surface area contributed by atoms with Crippen LogP contribution in [0.5, 0.6) is 0 Å². The molecule has 76 valence electrons. The van der Waals surface area contributed by atoms with E-state index in [2.05, 4.69) is 26.0 Å². The molecule has 0 heterocycles. The fourth-order valence-corrected chi connectivity index (χ4v) is 2.59. The van der Waals surface area contributed by atoms with Crippen molar-refractivity contribution in [2.75, 3.05) is 6.54 Å². The van der Waals surface area contributed by atoms with Gasteiger partial charge in [-0.2, -0.15) is 0 Å². The van der Waals surface area contributed by atoms with Gasteiger partial charge in [0.15, 0.2) is 0 Å². The Kier molecular flexibility index (Phi) is 3.98. The molecule has 0 aromatic rings. The molecule has 2 unspecified atom stereocenters. The minimum Gasteiger partial charge on any atom is -0.330 e. The van der Waals surface area contributed by atoms with Gasteiger partial charge in [0, 0.05) is 0 Å². The molecule has 0 amide bonds. The van der Waals surface area contributed by atoms with Gasteiger partial charge in [0.25, 0.3) is 0 Å². The molecule has 1 nitrogen and oxygen atoms in total. The Bertz CT molecular complexity index is 174. The summed E-state index contributed by atoms with van der Waals surface area (Å²) >= 11 is 0. The summed E-state index contributed by atoms with van der Waals surface area (Å²) in [6.45, 7) is 5.32. The zero-order valence-electron chi connectivity index (χ0n) is 9.05. The SMILES string of the molecule is C/C=C/CC1(CN)CCCC(C)C1. The minimum absolute atomic E-state index is 0.435. The lowest BCUT2D eigenvalue weighted by Crippen LogP contribution is -2.34. The van der Waals surface area contributed by atoms with Crippen LogP contribution in [-0.4, -0.2) is 6.54 Å². The number of rotatable bonds is 3. The van der Waals surface area contributed by atoms with Crippen LogP contribution >= 0.6 is 0 Å². The van der Waals surface area contributed by atoms with Crippen LogP contribution in [0.3, 0.4) is 0 Å². The van der Waals surface area contributed by atoms with Crippen molar-refractivity contribution in [3.63, 3.8) is 0 Å². The lowest BCUT2D eigenvalue weighted by Gasteiger charge is -2.38. The van der Waals surface area contributed by atoms with Crippen molar-refractivity contribution in [1.29, 1.82) is 0 Å². The van der Waals surface area contributed by atoms with E-state index in [1.54, 1.807) is 0 Å². The normalized spacial score (nSPS) is 35.5.